The normalized spacial score (nSPS) is 23.2. The van der Waals surface area contributed by atoms with Gasteiger partial charge < -0.3 is 20.5 Å². The van der Waals surface area contributed by atoms with E-state index < -0.39 is 30.1 Å². The summed E-state index contributed by atoms with van der Waals surface area (Å²) in [6, 6.07) is 8.09. The van der Waals surface area contributed by atoms with Crippen molar-refractivity contribution in [2.75, 3.05) is 19.6 Å². The molecule has 1 aromatic heterocycles. The second kappa shape index (κ2) is 7.01. The largest absolute Gasteiger partial charge is 0.405 e. The van der Waals surface area contributed by atoms with E-state index in [0.717, 1.165) is 17.7 Å². The summed E-state index contributed by atoms with van der Waals surface area (Å²) < 4.78 is 47.2. The molecule has 1 saturated carbocycles. The maximum absolute atomic E-state index is 14.1. The van der Waals surface area contributed by atoms with E-state index in [1.807, 2.05) is 0 Å². The molecule has 10 heteroatoms. The summed E-state index contributed by atoms with van der Waals surface area (Å²) in [5, 5.41) is 6.39. The van der Waals surface area contributed by atoms with E-state index in [9.17, 15) is 18.0 Å². The molecule has 2 fully saturated rings. The molecule has 1 aliphatic heterocycles. The number of carbonyl (C=O) groups excluding carboxylic acids is 1. The van der Waals surface area contributed by atoms with Gasteiger partial charge in [0.25, 0.3) is 0 Å². The van der Waals surface area contributed by atoms with E-state index in [1.54, 1.807) is 30.3 Å². The number of benzene rings is 1. The number of nitrogens with one attached hydrogen (secondary N) is 1. The maximum Gasteiger partial charge on any atom is 0.405 e. The van der Waals surface area contributed by atoms with E-state index >= 15 is 0 Å². The van der Waals surface area contributed by atoms with Crippen LogP contribution in [-0.2, 0) is 5.41 Å². The lowest BCUT2D eigenvalue weighted by molar-refractivity contribution is -0.193. The van der Waals surface area contributed by atoms with Crippen molar-refractivity contribution >= 4 is 6.03 Å². The Kier molecular flexibility index (Phi) is 4.76. The number of alkyl halides is 3. The van der Waals surface area contributed by atoms with Crippen LogP contribution in [0.3, 0.4) is 0 Å². The molecular weight excluding hydrogens is 387 g/mol. The van der Waals surface area contributed by atoms with Gasteiger partial charge in [0, 0.05) is 30.7 Å². The Morgan fingerprint density at radius 1 is 1.24 bits per heavy atom. The number of amides is 2. The molecule has 0 bridgehead atoms. The topological polar surface area (TPSA) is 97.3 Å². The molecule has 2 aromatic rings. The van der Waals surface area contributed by atoms with Gasteiger partial charge in [0.2, 0.25) is 11.7 Å². The summed E-state index contributed by atoms with van der Waals surface area (Å²) in [6.07, 6.45) is -2.55. The molecule has 1 unspecified atom stereocenters. The monoisotopic (exact) mass is 409 g/mol. The first-order chi connectivity index (χ1) is 13.7. The molecule has 7 nitrogen and oxygen atoms in total. The lowest BCUT2D eigenvalue weighted by Gasteiger charge is -2.28. The smallest absolute Gasteiger partial charge is 0.338 e. The Morgan fingerprint density at radius 2 is 1.97 bits per heavy atom. The summed E-state index contributed by atoms with van der Waals surface area (Å²) in [4.78, 5) is 17.5. The van der Waals surface area contributed by atoms with E-state index in [1.165, 1.54) is 0 Å². The van der Waals surface area contributed by atoms with Crippen molar-refractivity contribution in [1.29, 1.82) is 0 Å². The summed E-state index contributed by atoms with van der Waals surface area (Å²) in [5.74, 6) is -0.428. The van der Waals surface area contributed by atoms with Gasteiger partial charge in [-0.3, -0.25) is 0 Å². The molecule has 156 valence electrons. The van der Waals surface area contributed by atoms with Crippen LogP contribution in [0, 0.1) is 0 Å². The second-order valence-electron chi connectivity index (χ2n) is 7.88. The number of likely N-dealkylation sites (tertiary alicyclic amines) is 1. The van der Waals surface area contributed by atoms with Crippen LogP contribution in [0.15, 0.2) is 34.9 Å². The lowest BCUT2D eigenvalue weighted by atomic mass is 9.86. The first kappa shape index (κ1) is 19.7. The van der Waals surface area contributed by atoms with Crippen molar-refractivity contribution in [3.8, 4) is 11.4 Å². The zero-order chi connectivity index (χ0) is 20.7. The van der Waals surface area contributed by atoms with Crippen LogP contribution < -0.4 is 11.1 Å². The van der Waals surface area contributed by atoms with Crippen molar-refractivity contribution in [2.24, 2.45) is 5.73 Å². The first-order valence-corrected chi connectivity index (χ1v) is 9.51. The van der Waals surface area contributed by atoms with E-state index in [2.05, 4.69) is 15.5 Å². The number of carbonyl (C=O) groups is 1. The van der Waals surface area contributed by atoms with Crippen LogP contribution in [0.2, 0.25) is 0 Å². The summed E-state index contributed by atoms with van der Waals surface area (Å²) >= 11 is 0. The molecule has 3 N–H and O–H groups in total. The van der Waals surface area contributed by atoms with Crippen molar-refractivity contribution < 1.29 is 22.5 Å². The number of nitrogens with two attached hydrogens (primary N) is 1. The highest BCUT2D eigenvalue weighted by Crippen LogP contribution is 2.47. The predicted molar refractivity (Wildman–Crippen MR) is 97.8 cm³/mol. The molecule has 2 aliphatic rings. The van der Waals surface area contributed by atoms with Crippen LogP contribution in [0.1, 0.15) is 31.6 Å². The van der Waals surface area contributed by atoms with Crippen LogP contribution in [-0.4, -0.2) is 52.4 Å². The second-order valence-corrected chi connectivity index (χ2v) is 7.88. The summed E-state index contributed by atoms with van der Waals surface area (Å²) in [7, 11) is 0. The average Bonchev–Trinajstić information content (AvgIpc) is 3.11. The molecule has 29 heavy (non-hydrogen) atoms. The number of urea groups is 1. The molecule has 1 atom stereocenters. The van der Waals surface area contributed by atoms with E-state index in [4.69, 9.17) is 10.3 Å². The highest BCUT2D eigenvalue weighted by Gasteiger charge is 2.63. The SMILES string of the molecule is NC1(CCNC(=O)N2CCC(c3nc(-c4ccccc4)no3)(C(F)(F)F)C2)CC1. The first-order valence-electron chi connectivity index (χ1n) is 9.51. The van der Waals surface area contributed by atoms with Gasteiger partial charge in [-0.15, -0.1) is 0 Å². The number of hydrogen-bond acceptors (Lipinski definition) is 5. The highest BCUT2D eigenvalue weighted by molar-refractivity contribution is 5.74. The zero-order valence-electron chi connectivity index (χ0n) is 15.7. The molecule has 1 aromatic carbocycles. The molecule has 2 amide bonds. The van der Waals surface area contributed by atoms with E-state index in [-0.39, 0.29) is 24.3 Å². The average molecular weight is 409 g/mol. The van der Waals surface area contributed by atoms with Gasteiger partial charge in [-0.1, -0.05) is 35.5 Å². The minimum Gasteiger partial charge on any atom is -0.338 e. The Hall–Kier alpha value is -2.62. The molecule has 2 heterocycles. The van der Waals surface area contributed by atoms with Gasteiger partial charge >= 0.3 is 12.2 Å². The standard InChI is InChI=1S/C19H22F3N5O2/c20-19(21,22)18(15-25-14(26-29-15)13-4-2-1-3-5-13)9-11-27(12-18)16(28)24-10-8-17(23)6-7-17/h1-5H,6-12,23H2,(H,24,28). The van der Waals surface area contributed by atoms with Crippen molar-refractivity contribution in [3.05, 3.63) is 36.2 Å². The van der Waals surface area contributed by atoms with Gasteiger partial charge in [-0.2, -0.15) is 18.2 Å². The van der Waals surface area contributed by atoms with Gasteiger partial charge in [-0.25, -0.2) is 4.79 Å². The molecular formula is C19H22F3N5O2. The van der Waals surface area contributed by atoms with Crippen LogP contribution >= 0.6 is 0 Å². The molecule has 1 saturated heterocycles. The number of hydrogen-bond donors (Lipinski definition) is 2. The lowest BCUT2D eigenvalue weighted by Crippen LogP contribution is -2.47. The van der Waals surface area contributed by atoms with Crippen molar-refractivity contribution in [3.63, 3.8) is 0 Å². The minimum absolute atomic E-state index is 0.0534. The minimum atomic E-state index is -4.64. The highest BCUT2D eigenvalue weighted by atomic mass is 19.4. The molecule has 0 radical (unpaired) electrons. The van der Waals surface area contributed by atoms with Crippen LogP contribution in [0.25, 0.3) is 11.4 Å². The molecule has 4 rings (SSSR count). The Morgan fingerprint density at radius 3 is 2.62 bits per heavy atom. The Balaban J connectivity index is 1.50. The maximum atomic E-state index is 14.1. The van der Waals surface area contributed by atoms with Crippen LogP contribution in [0.4, 0.5) is 18.0 Å². The van der Waals surface area contributed by atoms with Crippen molar-refractivity contribution in [1.82, 2.24) is 20.4 Å². The fraction of sp³-hybridized carbons (Fsp3) is 0.526. The van der Waals surface area contributed by atoms with Gasteiger partial charge in [0.15, 0.2) is 5.41 Å². The van der Waals surface area contributed by atoms with Gasteiger partial charge in [0.1, 0.15) is 0 Å². The van der Waals surface area contributed by atoms with E-state index in [0.29, 0.717) is 18.5 Å². The fourth-order valence-electron chi connectivity index (χ4n) is 3.57. The predicted octanol–water partition coefficient (Wildman–Crippen LogP) is 2.83. The molecule has 1 aliphatic carbocycles. The Labute approximate surface area is 165 Å². The zero-order valence-corrected chi connectivity index (χ0v) is 15.7. The summed E-state index contributed by atoms with van der Waals surface area (Å²) in [6.45, 7) is -0.280. The van der Waals surface area contributed by atoms with Gasteiger partial charge in [-0.05, 0) is 25.7 Å². The third kappa shape index (κ3) is 3.81. The fourth-order valence-corrected chi connectivity index (χ4v) is 3.57. The third-order valence-corrected chi connectivity index (χ3v) is 5.76. The number of aromatic nitrogens is 2. The third-order valence-electron chi connectivity index (χ3n) is 5.76. The van der Waals surface area contributed by atoms with Gasteiger partial charge in [0.05, 0.1) is 0 Å². The Bertz CT molecular complexity index is 881. The van der Waals surface area contributed by atoms with Crippen molar-refractivity contribution in [2.45, 2.75) is 42.8 Å². The summed E-state index contributed by atoms with van der Waals surface area (Å²) in [5.41, 5.74) is 3.92. The number of rotatable bonds is 5. The van der Waals surface area contributed by atoms with Crippen LogP contribution in [0.5, 0.6) is 0 Å². The number of nitrogens with zero attached hydrogens (tertiary/aromatic N) is 3. The number of halogens is 3. The molecule has 0 spiro atoms. The quantitative estimate of drug-likeness (QED) is 0.792.